The van der Waals surface area contributed by atoms with Gasteiger partial charge in [0.1, 0.15) is 18.1 Å². The molecule has 2 amide bonds. The van der Waals surface area contributed by atoms with E-state index in [1.165, 1.54) is 16.7 Å². The summed E-state index contributed by atoms with van der Waals surface area (Å²) in [6, 6.07) is 19.9. The largest absolute Gasteiger partial charge is 0.465 e. The van der Waals surface area contributed by atoms with Gasteiger partial charge >= 0.3 is 5.97 Å². The predicted octanol–water partition coefficient (Wildman–Crippen LogP) is 3.94. The number of carbonyl (C=O) groups excluding carboxylic acids is 3. The summed E-state index contributed by atoms with van der Waals surface area (Å²) < 4.78 is 12.0. The van der Waals surface area contributed by atoms with Crippen LogP contribution in [-0.4, -0.2) is 64.0 Å². The minimum Gasteiger partial charge on any atom is -0.465 e. The zero-order valence-corrected chi connectivity index (χ0v) is 23.3. The molecular formula is C30H30ClN5O5. The minimum absolute atomic E-state index is 0.0574. The highest BCUT2D eigenvalue weighted by molar-refractivity contribution is 6.31. The lowest BCUT2D eigenvalue weighted by molar-refractivity contribution is -0.142. The number of benzene rings is 3. The van der Waals surface area contributed by atoms with Gasteiger partial charge in [-0.05, 0) is 54.3 Å². The number of methoxy groups -OCH3 is 1. The second kappa shape index (κ2) is 12.9. The molecule has 1 N–H and O–H groups in total. The zero-order chi connectivity index (χ0) is 28.8. The molecule has 0 bridgehead atoms. The Morgan fingerprint density at radius 2 is 1.85 bits per heavy atom. The van der Waals surface area contributed by atoms with Gasteiger partial charge in [0.05, 0.1) is 24.3 Å². The highest BCUT2D eigenvalue weighted by atomic mass is 35.5. The molecule has 1 aliphatic rings. The zero-order valence-electron chi connectivity index (χ0n) is 22.5. The number of nitrogens with one attached hydrogen (secondary N) is 1. The summed E-state index contributed by atoms with van der Waals surface area (Å²) in [5, 5.41) is 11.8. The number of fused-ring (bicyclic) bond motifs is 1. The Labute approximate surface area is 242 Å². The van der Waals surface area contributed by atoms with Crippen LogP contribution in [0.3, 0.4) is 0 Å². The molecule has 2 heterocycles. The maximum atomic E-state index is 14.1. The monoisotopic (exact) mass is 575 g/mol. The van der Waals surface area contributed by atoms with E-state index in [1.54, 1.807) is 36.4 Å². The van der Waals surface area contributed by atoms with Crippen molar-refractivity contribution in [3.63, 3.8) is 0 Å². The van der Waals surface area contributed by atoms with Crippen LogP contribution in [0, 0.1) is 0 Å². The molecule has 10 nitrogen and oxygen atoms in total. The first kappa shape index (κ1) is 28.3. The van der Waals surface area contributed by atoms with E-state index in [0.717, 1.165) is 12.8 Å². The summed E-state index contributed by atoms with van der Waals surface area (Å²) >= 11 is 6.51. The highest BCUT2D eigenvalue weighted by Crippen LogP contribution is 2.28. The Hall–Kier alpha value is -4.28. The molecule has 0 spiro atoms. The van der Waals surface area contributed by atoms with Gasteiger partial charge in [-0.25, -0.2) is 9.48 Å². The Bertz CT molecular complexity index is 1530. The quantitative estimate of drug-likeness (QED) is 0.285. The van der Waals surface area contributed by atoms with Gasteiger partial charge in [-0.2, -0.15) is 0 Å². The summed E-state index contributed by atoms with van der Waals surface area (Å²) in [6.45, 7) is 0.877. The van der Waals surface area contributed by atoms with Crippen LogP contribution in [0.1, 0.15) is 40.4 Å². The van der Waals surface area contributed by atoms with Crippen LogP contribution in [-0.2, 0) is 32.2 Å². The predicted molar refractivity (Wildman–Crippen MR) is 152 cm³/mol. The number of nitrogens with zero attached hydrogens (tertiary/aromatic N) is 4. The van der Waals surface area contributed by atoms with Gasteiger partial charge in [0.25, 0.3) is 0 Å². The van der Waals surface area contributed by atoms with Crippen molar-refractivity contribution in [2.45, 2.75) is 38.1 Å². The molecule has 11 heteroatoms. The van der Waals surface area contributed by atoms with Crippen LogP contribution in [0.4, 0.5) is 0 Å². The van der Waals surface area contributed by atoms with E-state index >= 15 is 0 Å². The van der Waals surface area contributed by atoms with Crippen LogP contribution in [0.15, 0.2) is 72.8 Å². The highest BCUT2D eigenvalue weighted by Gasteiger charge is 2.33. The third-order valence-electron chi connectivity index (χ3n) is 7.06. The molecule has 3 aromatic carbocycles. The van der Waals surface area contributed by atoms with Crippen LogP contribution in [0.5, 0.6) is 0 Å². The van der Waals surface area contributed by atoms with Gasteiger partial charge < -0.3 is 19.7 Å². The molecular weight excluding hydrogens is 546 g/mol. The molecule has 1 aromatic heterocycles. The van der Waals surface area contributed by atoms with Gasteiger partial charge in [-0.15, -0.1) is 5.10 Å². The van der Waals surface area contributed by atoms with Crippen molar-refractivity contribution in [3.05, 3.63) is 94.5 Å². The molecule has 2 atom stereocenters. The van der Waals surface area contributed by atoms with E-state index in [0.29, 0.717) is 45.9 Å². The Kier molecular flexibility index (Phi) is 8.91. The smallest absolute Gasteiger partial charge is 0.337 e. The third-order valence-corrected chi connectivity index (χ3v) is 7.43. The van der Waals surface area contributed by atoms with Gasteiger partial charge in [0, 0.05) is 24.7 Å². The number of carbonyl (C=O) groups is 3. The number of rotatable bonds is 10. The van der Waals surface area contributed by atoms with E-state index in [9.17, 15) is 14.4 Å². The van der Waals surface area contributed by atoms with Crippen molar-refractivity contribution in [1.29, 1.82) is 0 Å². The number of para-hydroxylation sites is 1. The van der Waals surface area contributed by atoms with Crippen molar-refractivity contribution >= 4 is 40.4 Å². The maximum absolute atomic E-state index is 14.1. The van der Waals surface area contributed by atoms with Crippen molar-refractivity contribution in [3.8, 4) is 0 Å². The molecule has 0 unspecified atom stereocenters. The summed E-state index contributed by atoms with van der Waals surface area (Å²) in [6.07, 6.45) is 1.69. The molecule has 0 aliphatic carbocycles. The maximum Gasteiger partial charge on any atom is 0.337 e. The molecule has 0 radical (unpaired) electrons. The van der Waals surface area contributed by atoms with Gasteiger partial charge in [-0.3, -0.25) is 9.59 Å². The molecule has 1 saturated heterocycles. The molecule has 1 aliphatic heterocycles. The van der Waals surface area contributed by atoms with Crippen LogP contribution in [0.2, 0.25) is 5.02 Å². The number of halogens is 1. The number of esters is 1. The Morgan fingerprint density at radius 3 is 2.59 bits per heavy atom. The molecule has 0 saturated carbocycles. The normalized spacial score (nSPS) is 15.4. The fourth-order valence-electron chi connectivity index (χ4n) is 4.90. The average molecular weight is 576 g/mol. The minimum atomic E-state index is -1.04. The topological polar surface area (TPSA) is 116 Å². The van der Waals surface area contributed by atoms with Crippen molar-refractivity contribution in [1.82, 2.24) is 25.2 Å². The second-order valence-electron chi connectivity index (χ2n) is 9.75. The fraction of sp³-hybridized carbons (Fsp3) is 0.300. The standard InChI is InChI=1S/C30H30ClN5O5/c1-40-30(39)21-14-12-20(13-15-21)28(29(38)32-17-23-8-6-16-41-23)35(18-22-7-2-3-9-24(22)31)27(37)19-36-26-11-5-4-10-25(26)33-34-36/h2-5,7,9-15,23,28H,6,8,16-19H2,1H3,(H,32,38)/t23-,28+/m0/s1. The lowest BCUT2D eigenvalue weighted by Crippen LogP contribution is -2.46. The third kappa shape index (κ3) is 6.55. The van der Waals surface area contributed by atoms with Gasteiger partial charge in [0.2, 0.25) is 11.8 Å². The number of aromatic nitrogens is 3. The van der Waals surface area contributed by atoms with Gasteiger partial charge in [0.15, 0.2) is 0 Å². The van der Waals surface area contributed by atoms with E-state index in [-0.39, 0.29) is 31.0 Å². The summed E-state index contributed by atoms with van der Waals surface area (Å²) in [5.74, 6) is -1.25. The fourth-order valence-corrected chi connectivity index (χ4v) is 5.09. The second-order valence-corrected chi connectivity index (χ2v) is 10.2. The molecule has 5 rings (SSSR count). The molecule has 212 valence electrons. The summed E-state index contributed by atoms with van der Waals surface area (Å²) in [5.41, 5.74) is 2.87. The van der Waals surface area contributed by atoms with Crippen LogP contribution >= 0.6 is 11.6 Å². The number of hydrogen-bond donors (Lipinski definition) is 1. The first-order valence-corrected chi connectivity index (χ1v) is 13.7. The van der Waals surface area contributed by atoms with Crippen molar-refractivity contribution in [2.24, 2.45) is 0 Å². The first-order chi connectivity index (χ1) is 19.9. The Balaban J connectivity index is 1.52. The Morgan fingerprint density at radius 1 is 1.10 bits per heavy atom. The number of ether oxygens (including phenoxy) is 2. The van der Waals surface area contributed by atoms with Crippen molar-refractivity contribution < 1.29 is 23.9 Å². The first-order valence-electron chi connectivity index (χ1n) is 13.3. The number of amides is 2. The van der Waals surface area contributed by atoms with E-state index < -0.39 is 12.0 Å². The number of hydrogen-bond acceptors (Lipinski definition) is 7. The molecule has 1 fully saturated rings. The van der Waals surface area contributed by atoms with Crippen molar-refractivity contribution in [2.75, 3.05) is 20.3 Å². The lowest BCUT2D eigenvalue weighted by Gasteiger charge is -2.32. The van der Waals surface area contributed by atoms with Crippen LogP contribution in [0.25, 0.3) is 11.0 Å². The lowest BCUT2D eigenvalue weighted by atomic mass is 10.0. The summed E-state index contributed by atoms with van der Waals surface area (Å²) in [7, 11) is 1.30. The van der Waals surface area contributed by atoms with Gasteiger partial charge in [-0.1, -0.05) is 59.3 Å². The average Bonchev–Trinajstić information content (AvgIpc) is 3.67. The van der Waals surface area contributed by atoms with E-state index in [4.69, 9.17) is 21.1 Å². The van der Waals surface area contributed by atoms with Crippen LogP contribution < -0.4 is 5.32 Å². The van der Waals surface area contributed by atoms with E-state index in [2.05, 4.69) is 15.6 Å². The SMILES string of the molecule is COC(=O)c1ccc([C@H](C(=O)NC[C@@H]2CCCO2)N(Cc2ccccc2Cl)C(=O)Cn2nnc3ccccc32)cc1. The summed E-state index contributed by atoms with van der Waals surface area (Å²) in [4.78, 5) is 41.5. The van der Waals surface area contributed by atoms with E-state index in [1.807, 2.05) is 36.4 Å². The molecule has 4 aromatic rings. The molecule has 41 heavy (non-hydrogen) atoms.